The van der Waals surface area contributed by atoms with E-state index >= 15 is 0 Å². The van der Waals surface area contributed by atoms with Crippen molar-refractivity contribution in [2.75, 3.05) is 0 Å². The molecule has 0 heterocycles. The maximum atomic E-state index is 13.3. The second-order valence-electron chi connectivity index (χ2n) is 5.20. The number of rotatable bonds is 8. The van der Waals surface area contributed by atoms with Gasteiger partial charge in [0.2, 0.25) is 0 Å². The highest BCUT2D eigenvalue weighted by Crippen LogP contribution is 2.57. The lowest BCUT2D eigenvalue weighted by Gasteiger charge is -2.40. The van der Waals surface area contributed by atoms with Crippen LogP contribution in [0.15, 0.2) is 0 Å². The highest BCUT2D eigenvalue weighted by atomic mass is 19.4. The van der Waals surface area contributed by atoms with Gasteiger partial charge in [-0.1, -0.05) is 13.3 Å². The van der Waals surface area contributed by atoms with E-state index < -0.39 is 61.6 Å². The summed E-state index contributed by atoms with van der Waals surface area (Å²) in [6.45, 7) is -0.288. The fourth-order valence-electron chi connectivity index (χ4n) is 1.52. The van der Waals surface area contributed by atoms with Gasteiger partial charge in [-0.15, -0.1) is 0 Å². The number of ether oxygens (including phenoxy) is 1. The lowest BCUT2D eigenvalue weighted by Crippen LogP contribution is -2.67. The molecule has 0 aromatic carbocycles. The van der Waals surface area contributed by atoms with E-state index in [2.05, 4.69) is 0 Å². The molecule has 158 valence electrons. The van der Waals surface area contributed by atoms with Crippen LogP contribution >= 0.6 is 0 Å². The fourth-order valence-corrected chi connectivity index (χ4v) is 1.52. The third kappa shape index (κ3) is 3.81. The molecule has 0 N–H and O–H groups in total. The molecule has 0 fully saturated rings. The van der Waals surface area contributed by atoms with Crippen LogP contribution < -0.4 is 0 Å². The average molecular weight is 424 g/mol. The molecule has 26 heavy (non-hydrogen) atoms. The van der Waals surface area contributed by atoms with Crippen LogP contribution in [0.25, 0.3) is 0 Å². The van der Waals surface area contributed by atoms with E-state index in [4.69, 9.17) is 0 Å². The summed E-state index contributed by atoms with van der Waals surface area (Å²) >= 11 is 0. The van der Waals surface area contributed by atoms with E-state index in [0.29, 0.717) is 0 Å². The molecular formula is C11H10F14O. The van der Waals surface area contributed by atoms with E-state index in [-0.39, 0.29) is 0 Å². The van der Waals surface area contributed by atoms with E-state index in [1.807, 2.05) is 0 Å². The molecule has 0 amide bonds. The predicted octanol–water partition coefficient (Wildman–Crippen LogP) is 6.19. The molecule has 1 nitrogen and oxygen atoms in total. The second kappa shape index (κ2) is 6.55. The largest absolute Gasteiger partial charge is 0.455 e. The van der Waals surface area contributed by atoms with Crippen LogP contribution in [0.4, 0.5) is 61.5 Å². The fraction of sp³-hybridized carbons (Fsp3) is 1.00. The normalized spacial score (nSPS) is 18.0. The van der Waals surface area contributed by atoms with Gasteiger partial charge >= 0.3 is 41.8 Å². The van der Waals surface area contributed by atoms with Crippen LogP contribution in [0.2, 0.25) is 0 Å². The van der Waals surface area contributed by atoms with Crippen molar-refractivity contribution >= 4 is 0 Å². The Morgan fingerprint density at radius 3 is 1.31 bits per heavy atom. The predicted molar refractivity (Wildman–Crippen MR) is 56.3 cm³/mol. The maximum Gasteiger partial charge on any atom is 0.455 e. The molecule has 1 atom stereocenters. The summed E-state index contributed by atoms with van der Waals surface area (Å²) in [6, 6.07) is 0. The first-order valence-electron chi connectivity index (χ1n) is 6.36. The van der Waals surface area contributed by atoms with Crippen molar-refractivity contribution in [3.05, 3.63) is 0 Å². The van der Waals surface area contributed by atoms with Crippen molar-refractivity contribution in [2.24, 2.45) is 0 Å². The second-order valence-corrected chi connectivity index (χ2v) is 5.20. The molecule has 15 heteroatoms. The Bertz CT molecular complexity index is 474. The van der Waals surface area contributed by atoms with Gasteiger partial charge in [0.25, 0.3) is 0 Å². The van der Waals surface area contributed by atoms with Crippen molar-refractivity contribution in [1.29, 1.82) is 0 Å². The maximum absolute atomic E-state index is 13.3. The van der Waals surface area contributed by atoms with E-state index in [0.717, 1.165) is 6.92 Å². The topological polar surface area (TPSA) is 9.23 Å². The summed E-state index contributed by atoms with van der Waals surface area (Å²) in [4.78, 5) is 0. The van der Waals surface area contributed by atoms with Crippen molar-refractivity contribution in [3.8, 4) is 0 Å². The minimum Gasteiger partial charge on any atom is -0.265 e. The van der Waals surface area contributed by atoms with Gasteiger partial charge in [0.05, 0.1) is 0 Å². The molecule has 0 aliphatic carbocycles. The summed E-state index contributed by atoms with van der Waals surface area (Å²) < 4.78 is 183. The van der Waals surface area contributed by atoms with Crippen LogP contribution in [0.1, 0.15) is 26.7 Å². The molecular weight excluding hydrogens is 414 g/mol. The number of alkyl halides is 14. The summed E-state index contributed by atoms with van der Waals surface area (Å²) in [5.74, 6) is -33.4. The molecule has 0 spiro atoms. The molecule has 0 aromatic heterocycles. The molecule has 0 aliphatic heterocycles. The van der Waals surface area contributed by atoms with Gasteiger partial charge < -0.3 is 0 Å². The number of halogens is 14. The third-order valence-electron chi connectivity index (χ3n) is 2.98. The zero-order valence-corrected chi connectivity index (χ0v) is 12.6. The van der Waals surface area contributed by atoms with Gasteiger partial charge in [0, 0.05) is 13.3 Å². The molecule has 0 bridgehead atoms. The Kier molecular flexibility index (Phi) is 6.29. The third-order valence-corrected chi connectivity index (χ3v) is 2.98. The molecule has 1 unspecified atom stereocenters. The summed E-state index contributed by atoms with van der Waals surface area (Å²) in [7, 11) is 0. The summed E-state index contributed by atoms with van der Waals surface area (Å²) in [6.07, 6.45) is -17.6. The van der Waals surface area contributed by atoms with Crippen LogP contribution in [0, 0.1) is 0 Å². The van der Waals surface area contributed by atoms with E-state index in [9.17, 15) is 61.5 Å². The first-order chi connectivity index (χ1) is 11.0. The average Bonchev–Trinajstić information content (AvgIpc) is 2.34. The van der Waals surface area contributed by atoms with Crippen LogP contribution in [-0.2, 0) is 4.74 Å². The Hall–Kier alpha value is -1.02. The quantitative estimate of drug-likeness (QED) is 0.423. The minimum atomic E-state index is -7.49. The lowest BCUT2D eigenvalue weighted by molar-refractivity contribution is -0.506. The first-order valence-corrected chi connectivity index (χ1v) is 6.36. The smallest absolute Gasteiger partial charge is 0.265 e. The van der Waals surface area contributed by atoms with E-state index in [1.54, 1.807) is 4.74 Å². The van der Waals surface area contributed by atoms with Crippen molar-refractivity contribution in [2.45, 2.75) is 68.5 Å². The number of hydrogen-bond acceptors (Lipinski definition) is 1. The highest BCUT2D eigenvalue weighted by molar-refractivity contribution is 5.02. The Balaban J connectivity index is 6.22. The lowest BCUT2D eigenvalue weighted by atomic mass is 9.99. The Morgan fingerprint density at radius 2 is 1.04 bits per heavy atom. The molecule has 0 aromatic rings. The van der Waals surface area contributed by atoms with Crippen molar-refractivity contribution in [1.82, 2.24) is 0 Å². The van der Waals surface area contributed by atoms with Gasteiger partial charge in [-0.2, -0.15) is 52.7 Å². The molecule has 0 radical (unpaired) electrons. The molecule has 0 rings (SSSR count). The monoisotopic (exact) mass is 424 g/mol. The molecule has 0 saturated carbocycles. The first kappa shape index (κ1) is 25.0. The molecule has 0 saturated heterocycles. The Morgan fingerprint density at radius 1 is 0.654 bits per heavy atom. The van der Waals surface area contributed by atoms with Crippen LogP contribution in [0.5, 0.6) is 0 Å². The highest BCUT2D eigenvalue weighted by Gasteiger charge is 2.85. The van der Waals surface area contributed by atoms with Gasteiger partial charge in [0.15, 0.2) is 0 Å². The number of hydrogen-bond donors (Lipinski definition) is 0. The van der Waals surface area contributed by atoms with Crippen LogP contribution in [-0.4, -0.2) is 41.8 Å². The summed E-state index contributed by atoms with van der Waals surface area (Å²) in [5, 5.41) is 0. The standard InChI is InChI=1S/C11H10F14O/c1-3-4-6(14,15)7(16,17)8(18,19)11(24,25)26-9(20,5(2,12)13)10(21,22)23/h3-4H2,1-2H3. The van der Waals surface area contributed by atoms with Crippen molar-refractivity contribution in [3.63, 3.8) is 0 Å². The van der Waals surface area contributed by atoms with Crippen molar-refractivity contribution < 1.29 is 66.2 Å². The molecule has 0 aliphatic rings. The zero-order chi connectivity index (χ0) is 21.6. The van der Waals surface area contributed by atoms with E-state index in [1.165, 1.54) is 0 Å². The zero-order valence-electron chi connectivity index (χ0n) is 12.6. The van der Waals surface area contributed by atoms with Gasteiger partial charge in [0.1, 0.15) is 0 Å². The SMILES string of the molecule is CCCC(F)(F)C(F)(F)C(F)(F)C(F)(F)OC(F)(C(C)(F)F)C(F)(F)F. The Labute approximate surface area is 136 Å². The van der Waals surface area contributed by atoms with Gasteiger partial charge in [-0.25, -0.2) is 8.78 Å². The van der Waals surface area contributed by atoms with Gasteiger partial charge in [-0.3, -0.25) is 4.74 Å². The summed E-state index contributed by atoms with van der Waals surface area (Å²) in [5.41, 5.74) is 0. The van der Waals surface area contributed by atoms with Crippen LogP contribution in [0.3, 0.4) is 0 Å². The minimum absolute atomic E-state index is 0.741. The van der Waals surface area contributed by atoms with Gasteiger partial charge in [-0.05, 0) is 0 Å².